The zero-order chi connectivity index (χ0) is 9.97. The van der Waals surface area contributed by atoms with Crippen molar-refractivity contribution < 1.29 is 4.79 Å². The fraction of sp³-hybridized carbons (Fsp3) is 0. The van der Waals surface area contributed by atoms with E-state index < -0.39 is 0 Å². The third-order valence-electron chi connectivity index (χ3n) is 1.87. The highest BCUT2D eigenvalue weighted by Gasteiger charge is 2.04. The smallest absolute Gasteiger partial charge is 0.152 e. The molecule has 1 aromatic carbocycles. The van der Waals surface area contributed by atoms with Crippen LogP contribution in [0.2, 0.25) is 0 Å². The zero-order valence-electron chi connectivity index (χ0n) is 7.22. The van der Waals surface area contributed by atoms with Crippen molar-refractivity contribution in [2.24, 2.45) is 0 Å². The van der Waals surface area contributed by atoms with Gasteiger partial charge in [-0.15, -0.1) is 0 Å². The molecule has 0 bridgehead atoms. The average Bonchev–Trinajstić information content (AvgIpc) is 2.70. The Bertz CT molecular complexity index is 451. The Morgan fingerprint density at radius 2 is 2.29 bits per heavy atom. The van der Waals surface area contributed by atoms with Crippen molar-refractivity contribution in [1.29, 1.82) is 0 Å². The number of carbonyl (C=O) groups is 1. The van der Waals surface area contributed by atoms with Gasteiger partial charge in [0.25, 0.3) is 0 Å². The van der Waals surface area contributed by atoms with Crippen LogP contribution >= 0.6 is 15.9 Å². The van der Waals surface area contributed by atoms with Crippen LogP contribution in [-0.4, -0.2) is 16.1 Å². The van der Waals surface area contributed by atoms with Crippen LogP contribution in [0, 0.1) is 0 Å². The maximum Gasteiger partial charge on any atom is 0.152 e. The Labute approximate surface area is 89.5 Å². The molecule has 0 aliphatic carbocycles. The molecule has 0 aliphatic heterocycles. The number of aromatic nitrogens is 2. The topological polar surface area (TPSA) is 34.9 Å². The summed E-state index contributed by atoms with van der Waals surface area (Å²) in [6.07, 6.45) is 4.30. The molecule has 0 radical (unpaired) electrons. The molecule has 0 saturated heterocycles. The van der Waals surface area contributed by atoms with Gasteiger partial charge in [0.2, 0.25) is 0 Å². The SMILES string of the molecule is O=Cc1ccc(Br)cc1-n1cccn1. The van der Waals surface area contributed by atoms with Gasteiger partial charge in [0, 0.05) is 22.4 Å². The molecule has 0 saturated carbocycles. The average molecular weight is 251 g/mol. The van der Waals surface area contributed by atoms with E-state index in [1.165, 1.54) is 0 Å². The monoisotopic (exact) mass is 250 g/mol. The number of hydrogen-bond donors (Lipinski definition) is 0. The van der Waals surface area contributed by atoms with E-state index in [0.29, 0.717) is 5.56 Å². The van der Waals surface area contributed by atoms with E-state index >= 15 is 0 Å². The van der Waals surface area contributed by atoms with Crippen LogP contribution < -0.4 is 0 Å². The maximum atomic E-state index is 10.8. The number of benzene rings is 1. The van der Waals surface area contributed by atoms with Gasteiger partial charge in [-0.2, -0.15) is 5.10 Å². The third-order valence-corrected chi connectivity index (χ3v) is 2.36. The molecule has 1 aromatic heterocycles. The van der Waals surface area contributed by atoms with Gasteiger partial charge in [-0.1, -0.05) is 15.9 Å². The highest BCUT2D eigenvalue weighted by atomic mass is 79.9. The lowest BCUT2D eigenvalue weighted by Gasteiger charge is -2.04. The molecule has 2 aromatic rings. The Morgan fingerprint density at radius 3 is 2.93 bits per heavy atom. The summed E-state index contributed by atoms with van der Waals surface area (Å²) in [7, 11) is 0. The van der Waals surface area contributed by atoms with Crippen molar-refractivity contribution in [3.8, 4) is 5.69 Å². The number of nitrogens with zero attached hydrogens (tertiary/aromatic N) is 2. The third kappa shape index (κ3) is 1.61. The lowest BCUT2D eigenvalue weighted by atomic mass is 10.2. The van der Waals surface area contributed by atoms with Crippen LogP contribution in [-0.2, 0) is 0 Å². The Morgan fingerprint density at radius 1 is 1.43 bits per heavy atom. The fourth-order valence-electron chi connectivity index (χ4n) is 1.23. The van der Waals surface area contributed by atoms with Crippen molar-refractivity contribution in [3.05, 3.63) is 46.7 Å². The Hall–Kier alpha value is -1.42. The summed E-state index contributed by atoms with van der Waals surface area (Å²) < 4.78 is 2.59. The zero-order valence-corrected chi connectivity index (χ0v) is 8.81. The first kappa shape index (κ1) is 9.15. The largest absolute Gasteiger partial charge is 0.298 e. The summed E-state index contributed by atoms with van der Waals surface area (Å²) in [6.45, 7) is 0. The van der Waals surface area contributed by atoms with Crippen LogP contribution in [0.3, 0.4) is 0 Å². The van der Waals surface area contributed by atoms with Crippen LogP contribution in [0.4, 0.5) is 0 Å². The van der Waals surface area contributed by atoms with Gasteiger partial charge in [-0.25, -0.2) is 4.68 Å². The maximum absolute atomic E-state index is 10.8. The molecule has 0 fully saturated rings. The van der Waals surface area contributed by atoms with Crippen LogP contribution in [0.1, 0.15) is 10.4 Å². The molecule has 0 spiro atoms. The van der Waals surface area contributed by atoms with Gasteiger partial charge in [-0.05, 0) is 24.3 Å². The first-order chi connectivity index (χ1) is 6.81. The second-order valence-electron chi connectivity index (χ2n) is 2.77. The summed E-state index contributed by atoms with van der Waals surface area (Å²) in [5.74, 6) is 0. The highest BCUT2D eigenvalue weighted by Crippen LogP contribution is 2.18. The minimum Gasteiger partial charge on any atom is -0.298 e. The first-order valence-corrected chi connectivity index (χ1v) is 4.85. The number of carbonyl (C=O) groups excluding carboxylic acids is 1. The summed E-state index contributed by atoms with van der Waals surface area (Å²) in [6, 6.07) is 7.26. The van der Waals surface area contributed by atoms with Gasteiger partial charge in [0.05, 0.1) is 5.69 Å². The van der Waals surface area contributed by atoms with E-state index in [-0.39, 0.29) is 0 Å². The molecule has 0 amide bonds. The highest BCUT2D eigenvalue weighted by molar-refractivity contribution is 9.10. The number of aldehydes is 1. The molecular weight excluding hydrogens is 244 g/mol. The van der Waals surface area contributed by atoms with Crippen molar-refractivity contribution in [1.82, 2.24) is 9.78 Å². The van der Waals surface area contributed by atoms with E-state index in [0.717, 1.165) is 16.4 Å². The van der Waals surface area contributed by atoms with Crippen molar-refractivity contribution >= 4 is 22.2 Å². The normalized spacial score (nSPS) is 10.1. The van der Waals surface area contributed by atoms with Gasteiger partial charge < -0.3 is 0 Å². The molecule has 4 heteroatoms. The van der Waals surface area contributed by atoms with Crippen molar-refractivity contribution in [2.75, 3.05) is 0 Å². The van der Waals surface area contributed by atoms with Gasteiger partial charge in [0.1, 0.15) is 0 Å². The molecule has 0 N–H and O–H groups in total. The van der Waals surface area contributed by atoms with Crippen LogP contribution in [0.15, 0.2) is 41.1 Å². The van der Waals surface area contributed by atoms with Gasteiger partial charge >= 0.3 is 0 Å². The van der Waals surface area contributed by atoms with Crippen molar-refractivity contribution in [3.63, 3.8) is 0 Å². The quantitative estimate of drug-likeness (QED) is 0.768. The van der Waals surface area contributed by atoms with E-state index in [9.17, 15) is 4.79 Å². The number of rotatable bonds is 2. The predicted octanol–water partition coefficient (Wildman–Crippen LogP) is 2.45. The predicted molar refractivity (Wildman–Crippen MR) is 56.7 cm³/mol. The van der Waals surface area contributed by atoms with Crippen molar-refractivity contribution in [2.45, 2.75) is 0 Å². The molecule has 70 valence electrons. The number of halogens is 1. The molecule has 14 heavy (non-hydrogen) atoms. The Kier molecular flexibility index (Phi) is 2.45. The second kappa shape index (κ2) is 3.75. The minimum absolute atomic E-state index is 0.622. The first-order valence-electron chi connectivity index (χ1n) is 4.06. The molecule has 3 nitrogen and oxygen atoms in total. The van der Waals surface area contributed by atoms with E-state index in [4.69, 9.17) is 0 Å². The summed E-state index contributed by atoms with van der Waals surface area (Å²) in [4.78, 5) is 10.8. The molecule has 0 atom stereocenters. The lowest BCUT2D eigenvalue weighted by Crippen LogP contribution is -1.99. The molecule has 1 heterocycles. The number of hydrogen-bond acceptors (Lipinski definition) is 2. The lowest BCUT2D eigenvalue weighted by molar-refractivity contribution is 0.112. The van der Waals surface area contributed by atoms with Gasteiger partial charge in [0.15, 0.2) is 6.29 Å². The van der Waals surface area contributed by atoms with Crippen LogP contribution in [0.5, 0.6) is 0 Å². The van der Waals surface area contributed by atoms with E-state index in [1.807, 2.05) is 18.2 Å². The summed E-state index contributed by atoms with van der Waals surface area (Å²) in [5.41, 5.74) is 1.40. The summed E-state index contributed by atoms with van der Waals surface area (Å²) >= 11 is 3.35. The minimum atomic E-state index is 0.622. The van der Waals surface area contributed by atoms with Crippen LogP contribution in [0.25, 0.3) is 5.69 Å². The molecule has 0 unspecified atom stereocenters. The fourth-order valence-corrected chi connectivity index (χ4v) is 1.58. The Balaban J connectivity index is 2.61. The van der Waals surface area contributed by atoms with Gasteiger partial charge in [-0.3, -0.25) is 4.79 Å². The summed E-state index contributed by atoms with van der Waals surface area (Å²) in [5, 5.41) is 4.07. The molecular formula is C10H7BrN2O. The van der Waals surface area contributed by atoms with E-state index in [1.54, 1.807) is 23.1 Å². The standard InChI is InChI=1S/C10H7BrN2O/c11-9-3-2-8(7-14)10(6-9)13-5-1-4-12-13/h1-7H. The second-order valence-corrected chi connectivity index (χ2v) is 3.69. The molecule has 0 aliphatic rings. The van der Waals surface area contributed by atoms with E-state index in [2.05, 4.69) is 21.0 Å². The molecule has 2 rings (SSSR count).